The number of aromatic amines is 1. The number of nitrogens with two attached hydrogens (primary N) is 1. The molecule has 0 bridgehead atoms. The van der Waals surface area contributed by atoms with Gasteiger partial charge in [-0.1, -0.05) is 13.8 Å². The molecule has 0 atom stereocenters. The molecule has 7 nitrogen and oxygen atoms in total. The average molecular weight is 302 g/mol. The fourth-order valence-corrected chi connectivity index (χ4v) is 2.07. The first kappa shape index (κ1) is 16.1. The predicted molar refractivity (Wildman–Crippen MR) is 86.1 cm³/mol. The number of benzene rings is 1. The van der Waals surface area contributed by atoms with Crippen molar-refractivity contribution < 1.29 is 4.79 Å². The molecule has 1 amide bonds. The van der Waals surface area contributed by atoms with Crippen LogP contribution in [0.3, 0.4) is 0 Å². The molecule has 2 aromatic rings. The van der Waals surface area contributed by atoms with Gasteiger partial charge in [0, 0.05) is 11.3 Å². The highest BCUT2D eigenvalue weighted by Crippen LogP contribution is 2.17. The third-order valence-electron chi connectivity index (χ3n) is 3.41. The summed E-state index contributed by atoms with van der Waals surface area (Å²) in [6.45, 7) is 6.52. The van der Waals surface area contributed by atoms with Gasteiger partial charge in [-0.05, 0) is 37.4 Å². The SMILES string of the molecule is CCN(CC)CC(=O)Nc1ccc(-c2n[nH]c(CN)n2)cc1. The van der Waals surface area contributed by atoms with Crippen molar-refractivity contribution >= 4 is 11.6 Å². The Labute approximate surface area is 129 Å². The lowest BCUT2D eigenvalue weighted by Gasteiger charge is -2.17. The molecule has 0 unspecified atom stereocenters. The highest BCUT2D eigenvalue weighted by molar-refractivity contribution is 5.92. The lowest BCUT2D eigenvalue weighted by Crippen LogP contribution is -2.32. The number of nitrogens with zero attached hydrogens (tertiary/aromatic N) is 3. The third kappa shape index (κ3) is 4.12. The van der Waals surface area contributed by atoms with Crippen LogP contribution >= 0.6 is 0 Å². The summed E-state index contributed by atoms with van der Waals surface area (Å²) in [6.07, 6.45) is 0. The summed E-state index contributed by atoms with van der Waals surface area (Å²) in [5.74, 6) is 1.23. The van der Waals surface area contributed by atoms with Crippen LogP contribution in [0.2, 0.25) is 0 Å². The molecule has 1 heterocycles. The number of H-pyrrole nitrogens is 1. The van der Waals surface area contributed by atoms with Crippen LogP contribution in [0.1, 0.15) is 19.7 Å². The minimum absolute atomic E-state index is 0.0141. The molecule has 118 valence electrons. The molecule has 1 aromatic heterocycles. The van der Waals surface area contributed by atoms with Crippen molar-refractivity contribution in [2.45, 2.75) is 20.4 Å². The van der Waals surface area contributed by atoms with Crippen molar-refractivity contribution in [2.24, 2.45) is 5.73 Å². The van der Waals surface area contributed by atoms with E-state index in [9.17, 15) is 4.79 Å². The van der Waals surface area contributed by atoms with E-state index in [1.54, 1.807) is 0 Å². The van der Waals surface area contributed by atoms with E-state index in [0.29, 0.717) is 24.7 Å². The molecular formula is C15H22N6O. The molecule has 0 aliphatic rings. The van der Waals surface area contributed by atoms with E-state index in [1.807, 2.05) is 38.1 Å². The van der Waals surface area contributed by atoms with Crippen molar-refractivity contribution in [3.8, 4) is 11.4 Å². The maximum Gasteiger partial charge on any atom is 0.238 e. The summed E-state index contributed by atoms with van der Waals surface area (Å²) < 4.78 is 0. The summed E-state index contributed by atoms with van der Waals surface area (Å²) in [5, 5.41) is 9.76. The van der Waals surface area contributed by atoms with Crippen LogP contribution in [0.4, 0.5) is 5.69 Å². The minimum atomic E-state index is -0.0141. The number of hydrogen-bond acceptors (Lipinski definition) is 5. The number of anilines is 1. The lowest BCUT2D eigenvalue weighted by molar-refractivity contribution is -0.117. The van der Waals surface area contributed by atoms with Crippen LogP contribution in [0, 0.1) is 0 Å². The number of aromatic nitrogens is 3. The molecule has 0 saturated carbocycles. The van der Waals surface area contributed by atoms with Crippen LogP contribution in [0.5, 0.6) is 0 Å². The van der Waals surface area contributed by atoms with E-state index < -0.39 is 0 Å². The van der Waals surface area contributed by atoms with Crippen molar-refractivity contribution in [1.29, 1.82) is 0 Å². The Morgan fingerprint density at radius 1 is 1.27 bits per heavy atom. The Morgan fingerprint density at radius 3 is 2.50 bits per heavy atom. The Kier molecular flexibility index (Phi) is 5.62. The first-order valence-electron chi connectivity index (χ1n) is 7.40. The topological polar surface area (TPSA) is 99.9 Å². The standard InChI is InChI=1S/C15H22N6O/c1-3-21(4-2)10-14(22)17-12-7-5-11(6-8-12)15-18-13(9-16)19-20-15/h5-8H,3-4,9-10,16H2,1-2H3,(H,17,22)(H,18,19,20). The number of carbonyl (C=O) groups excluding carboxylic acids is 1. The van der Waals surface area contributed by atoms with E-state index in [2.05, 4.69) is 25.4 Å². The van der Waals surface area contributed by atoms with E-state index in [1.165, 1.54) is 0 Å². The van der Waals surface area contributed by atoms with Crippen LogP contribution in [-0.2, 0) is 11.3 Å². The van der Waals surface area contributed by atoms with Crippen LogP contribution in [-0.4, -0.2) is 45.6 Å². The molecule has 2 rings (SSSR count). The van der Waals surface area contributed by atoms with Crippen LogP contribution < -0.4 is 11.1 Å². The largest absolute Gasteiger partial charge is 0.325 e. The van der Waals surface area contributed by atoms with Crippen LogP contribution in [0.25, 0.3) is 11.4 Å². The highest BCUT2D eigenvalue weighted by atomic mass is 16.2. The zero-order valence-electron chi connectivity index (χ0n) is 13.0. The van der Waals surface area contributed by atoms with E-state index in [-0.39, 0.29) is 5.91 Å². The second-order valence-corrected chi connectivity index (χ2v) is 4.90. The smallest absolute Gasteiger partial charge is 0.238 e. The number of hydrogen-bond donors (Lipinski definition) is 3. The second-order valence-electron chi connectivity index (χ2n) is 4.90. The maximum absolute atomic E-state index is 11.9. The normalized spacial score (nSPS) is 10.9. The summed E-state index contributed by atoms with van der Waals surface area (Å²) in [7, 11) is 0. The zero-order valence-corrected chi connectivity index (χ0v) is 13.0. The van der Waals surface area contributed by atoms with Gasteiger partial charge >= 0.3 is 0 Å². The van der Waals surface area contributed by atoms with E-state index >= 15 is 0 Å². The Bertz CT molecular complexity index is 603. The number of amides is 1. The molecule has 0 spiro atoms. The summed E-state index contributed by atoms with van der Waals surface area (Å²) in [6, 6.07) is 7.43. The van der Waals surface area contributed by atoms with Crippen molar-refractivity contribution in [2.75, 3.05) is 25.0 Å². The Hall–Kier alpha value is -2.25. The molecule has 0 saturated heterocycles. The fraction of sp³-hybridized carbons (Fsp3) is 0.400. The van der Waals surface area contributed by atoms with Gasteiger partial charge in [-0.3, -0.25) is 14.8 Å². The molecule has 0 fully saturated rings. The summed E-state index contributed by atoms with van der Waals surface area (Å²) in [5.41, 5.74) is 7.13. The first-order valence-corrected chi connectivity index (χ1v) is 7.40. The quantitative estimate of drug-likeness (QED) is 0.714. The molecule has 0 aliphatic heterocycles. The van der Waals surface area contributed by atoms with Gasteiger partial charge < -0.3 is 11.1 Å². The van der Waals surface area contributed by atoms with Gasteiger partial charge in [-0.15, -0.1) is 0 Å². The van der Waals surface area contributed by atoms with Gasteiger partial charge in [0.05, 0.1) is 13.1 Å². The van der Waals surface area contributed by atoms with Gasteiger partial charge in [0.2, 0.25) is 5.91 Å². The van der Waals surface area contributed by atoms with Gasteiger partial charge in [-0.25, -0.2) is 4.98 Å². The summed E-state index contributed by atoms with van der Waals surface area (Å²) in [4.78, 5) is 18.3. The third-order valence-corrected chi connectivity index (χ3v) is 3.41. The molecule has 1 aromatic carbocycles. The Morgan fingerprint density at radius 2 is 1.95 bits per heavy atom. The van der Waals surface area contributed by atoms with E-state index in [4.69, 9.17) is 5.73 Å². The number of nitrogens with one attached hydrogen (secondary N) is 2. The number of carbonyl (C=O) groups is 1. The molecule has 22 heavy (non-hydrogen) atoms. The predicted octanol–water partition coefficient (Wildman–Crippen LogP) is 1.21. The van der Waals surface area contributed by atoms with Crippen molar-refractivity contribution in [1.82, 2.24) is 20.1 Å². The number of likely N-dealkylation sites (N-methyl/N-ethyl adjacent to an activating group) is 1. The Balaban J connectivity index is 1.98. The van der Waals surface area contributed by atoms with Gasteiger partial charge in [-0.2, -0.15) is 5.10 Å². The monoisotopic (exact) mass is 302 g/mol. The van der Waals surface area contributed by atoms with Crippen LogP contribution in [0.15, 0.2) is 24.3 Å². The molecular weight excluding hydrogens is 280 g/mol. The maximum atomic E-state index is 11.9. The average Bonchev–Trinajstić information content (AvgIpc) is 3.02. The molecule has 7 heteroatoms. The van der Waals surface area contributed by atoms with Gasteiger partial charge in [0.1, 0.15) is 5.82 Å². The molecule has 0 aliphatic carbocycles. The minimum Gasteiger partial charge on any atom is -0.325 e. The molecule has 4 N–H and O–H groups in total. The second kappa shape index (κ2) is 7.67. The molecule has 0 radical (unpaired) electrons. The van der Waals surface area contributed by atoms with Crippen molar-refractivity contribution in [3.63, 3.8) is 0 Å². The number of rotatable bonds is 7. The van der Waals surface area contributed by atoms with Gasteiger partial charge in [0.25, 0.3) is 0 Å². The zero-order chi connectivity index (χ0) is 15.9. The highest BCUT2D eigenvalue weighted by Gasteiger charge is 2.08. The van der Waals surface area contributed by atoms with Crippen molar-refractivity contribution in [3.05, 3.63) is 30.1 Å². The first-order chi connectivity index (χ1) is 10.7. The van der Waals surface area contributed by atoms with Gasteiger partial charge in [0.15, 0.2) is 5.82 Å². The van der Waals surface area contributed by atoms with E-state index in [0.717, 1.165) is 24.3 Å². The summed E-state index contributed by atoms with van der Waals surface area (Å²) >= 11 is 0. The lowest BCUT2D eigenvalue weighted by atomic mass is 10.2. The fourth-order valence-electron chi connectivity index (χ4n) is 2.07.